The summed E-state index contributed by atoms with van der Waals surface area (Å²) < 4.78 is 0. The lowest BCUT2D eigenvalue weighted by molar-refractivity contribution is -0.119. The zero-order valence-corrected chi connectivity index (χ0v) is 11.6. The van der Waals surface area contributed by atoms with E-state index in [9.17, 15) is 9.59 Å². The summed E-state index contributed by atoms with van der Waals surface area (Å²) in [6.45, 7) is 4.15. The van der Waals surface area contributed by atoms with Gasteiger partial charge >= 0.3 is 0 Å². The standard InChI is InChI=1S/C16H24O2/c1-13(2)12-15(17)10-6-4-3-5-8-14-9-7-11-16(14)18/h3,5,9,13H,4,6-8,10-12H2,1-2H3/b5-3-. The molecule has 18 heavy (non-hydrogen) atoms. The van der Waals surface area contributed by atoms with Gasteiger partial charge in [0.1, 0.15) is 5.78 Å². The second kappa shape index (κ2) is 8.02. The van der Waals surface area contributed by atoms with Crippen LogP contribution < -0.4 is 0 Å². The van der Waals surface area contributed by atoms with Crippen molar-refractivity contribution in [1.29, 1.82) is 0 Å². The number of hydrogen-bond donors (Lipinski definition) is 0. The van der Waals surface area contributed by atoms with E-state index in [-0.39, 0.29) is 0 Å². The van der Waals surface area contributed by atoms with Gasteiger partial charge in [-0.1, -0.05) is 32.1 Å². The number of ketones is 2. The fourth-order valence-electron chi connectivity index (χ4n) is 2.15. The molecule has 1 aliphatic carbocycles. The molecule has 0 aliphatic heterocycles. The van der Waals surface area contributed by atoms with Crippen molar-refractivity contribution >= 4 is 11.6 Å². The predicted octanol–water partition coefficient (Wildman–Crippen LogP) is 4.01. The quantitative estimate of drug-likeness (QED) is 0.480. The SMILES string of the molecule is CC(C)CC(=O)CCC/C=C\CC1=CCCC1=O. The first-order valence-corrected chi connectivity index (χ1v) is 6.98. The summed E-state index contributed by atoms with van der Waals surface area (Å²) in [4.78, 5) is 22.8. The van der Waals surface area contributed by atoms with E-state index in [1.807, 2.05) is 6.08 Å². The molecule has 0 fully saturated rings. The molecule has 0 spiro atoms. The van der Waals surface area contributed by atoms with Gasteiger partial charge in [-0.25, -0.2) is 0 Å². The number of carbonyl (C=O) groups excluding carboxylic acids is 2. The summed E-state index contributed by atoms with van der Waals surface area (Å²) >= 11 is 0. The molecule has 1 rings (SSSR count). The molecule has 100 valence electrons. The molecule has 0 radical (unpaired) electrons. The topological polar surface area (TPSA) is 34.1 Å². The molecule has 0 aromatic carbocycles. The van der Waals surface area contributed by atoms with Crippen LogP contribution in [0.2, 0.25) is 0 Å². The first-order valence-electron chi connectivity index (χ1n) is 6.98. The lowest BCUT2D eigenvalue weighted by atomic mass is 10.0. The molecule has 0 amide bonds. The Morgan fingerprint density at radius 1 is 1.39 bits per heavy atom. The third-order valence-electron chi connectivity index (χ3n) is 3.09. The van der Waals surface area contributed by atoms with E-state index in [1.165, 1.54) is 0 Å². The van der Waals surface area contributed by atoms with E-state index < -0.39 is 0 Å². The van der Waals surface area contributed by atoms with Crippen LogP contribution in [0.4, 0.5) is 0 Å². The molecule has 1 aliphatic rings. The second-order valence-electron chi connectivity index (χ2n) is 5.40. The summed E-state index contributed by atoms with van der Waals surface area (Å²) in [5.41, 5.74) is 0.960. The van der Waals surface area contributed by atoms with Gasteiger partial charge in [0.2, 0.25) is 0 Å². The highest BCUT2D eigenvalue weighted by Crippen LogP contribution is 2.17. The minimum absolute atomic E-state index is 0.298. The van der Waals surface area contributed by atoms with Crippen molar-refractivity contribution in [3.63, 3.8) is 0 Å². The number of rotatable bonds is 8. The normalized spacial score (nSPS) is 15.7. The highest BCUT2D eigenvalue weighted by atomic mass is 16.1. The molecule has 0 N–H and O–H groups in total. The minimum atomic E-state index is 0.298. The molecule has 2 nitrogen and oxygen atoms in total. The van der Waals surface area contributed by atoms with Gasteiger partial charge in [0.25, 0.3) is 0 Å². The third-order valence-corrected chi connectivity index (χ3v) is 3.09. The lowest BCUT2D eigenvalue weighted by Gasteiger charge is -2.02. The molecule has 0 saturated heterocycles. The number of allylic oxidation sites excluding steroid dienone is 4. The van der Waals surface area contributed by atoms with E-state index in [0.29, 0.717) is 36.7 Å². The van der Waals surface area contributed by atoms with Crippen LogP contribution in [0.5, 0.6) is 0 Å². The largest absolute Gasteiger partial charge is 0.300 e. The van der Waals surface area contributed by atoms with Crippen molar-refractivity contribution in [2.75, 3.05) is 0 Å². The molecule has 0 aromatic heterocycles. The predicted molar refractivity (Wildman–Crippen MR) is 74.4 cm³/mol. The van der Waals surface area contributed by atoms with Crippen molar-refractivity contribution in [2.24, 2.45) is 5.92 Å². The average Bonchev–Trinajstić information content (AvgIpc) is 2.68. The molecule has 0 unspecified atom stereocenters. The van der Waals surface area contributed by atoms with Gasteiger partial charge in [-0.2, -0.15) is 0 Å². The Kier molecular flexibility index (Phi) is 6.63. The second-order valence-corrected chi connectivity index (χ2v) is 5.40. The van der Waals surface area contributed by atoms with Gasteiger partial charge in [0.05, 0.1) is 0 Å². The van der Waals surface area contributed by atoms with Crippen molar-refractivity contribution in [2.45, 2.75) is 58.8 Å². The highest BCUT2D eigenvalue weighted by molar-refractivity contribution is 5.97. The van der Waals surface area contributed by atoms with Crippen LogP contribution in [0.15, 0.2) is 23.8 Å². The molecular weight excluding hydrogens is 224 g/mol. The van der Waals surface area contributed by atoms with E-state index in [2.05, 4.69) is 26.0 Å². The lowest BCUT2D eigenvalue weighted by Crippen LogP contribution is -2.01. The molecule has 2 heteroatoms. The third kappa shape index (κ3) is 5.95. The number of unbranched alkanes of at least 4 members (excludes halogenated alkanes) is 1. The number of Topliss-reactive ketones (excluding diaryl/α,β-unsaturated/α-hetero) is 2. The van der Waals surface area contributed by atoms with Gasteiger partial charge < -0.3 is 0 Å². The fourth-order valence-corrected chi connectivity index (χ4v) is 2.15. The summed E-state index contributed by atoms with van der Waals surface area (Å²) in [5.74, 6) is 1.13. The Balaban J connectivity index is 2.07. The van der Waals surface area contributed by atoms with Gasteiger partial charge in [-0.15, -0.1) is 0 Å². The van der Waals surface area contributed by atoms with E-state index >= 15 is 0 Å². The van der Waals surface area contributed by atoms with Crippen LogP contribution in [0.1, 0.15) is 58.8 Å². The van der Waals surface area contributed by atoms with Gasteiger partial charge in [0.15, 0.2) is 5.78 Å². The summed E-state index contributed by atoms with van der Waals surface area (Å²) in [5, 5.41) is 0. The molecule has 0 atom stereocenters. The van der Waals surface area contributed by atoms with E-state index in [4.69, 9.17) is 0 Å². The van der Waals surface area contributed by atoms with Crippen LogP contribution in [-0.4, -0.2) is 11.6 Å². The summed E-state index contributed by atoms with van der Waals surface area (Å²) in [7, 11) is 0. The van der Waals surface area contributed by atoms with Gasteiger partial charge in [0, 0.05) is 19.3 Å². The molecule has 0 saturated carbocycles. The highest BCUT2D eigenvalue weighted by Gasteiger charge is 2.12. The van der Waals surface area contributed by atoms with Crippen LogP contribution >= 0.6 is 0 Å². The molecule has 0 bridgehead atoms. The van der Waals surface area contributed by atoms with Crippen LogP contribution in [0, 0.1) is 5.92 Å². The van der Waals surface area contributed by atoms with Crippen molar-refractivity contribution in [3.05, 3.63) is 23.8 Å². The van der Waals surface area contributed by atoms with Gasteiger partial charge in [-0.05, 0) is 37.2 Å². The number of hydrogen-bond acceptors (Lipinski definition) is 2. The maximum atomic E-state index is 11.5. The smallest absolute Gasteiger partial charge is 0.159 e. The van der Waals surface area contributed by atoms with Crippen molar-refractivity contribution in [1.82, 2.24) is 0 Å². The first kappa shape index (κ1) is 14.9. The maximum absolute atomic E-state index is 11.5. The van der Waals surface area contributed by atoms with Crippen LogP contribution in [-0.2, 0) is 9.59 Å². The maximum Gasteiger partial charge on any atom is 0.159 e. The summed E-state index contributed by atoms with van der Waals surface area (Å²) in [6, 6.07) is 0. The average molecular weight is 248 g/mol. The molecule has 0 aromatic rings. The zero-order chi connectivity index (χ0) is 13.4. The van der Waals surface area contributed by atoms with E-state index in [0.717, 1.165) is 31.3 Å². The number of carbonyl (C=O) groups is 2. The monoisotopic (exact) mass is 248 g/mol. The van der Waals surface area contributed by atoms with Gasteiger partial charge in [-0.3, -0.25) is 9.59 Å². The molecule has 0 heterocycles. The Hall–Kier alpha value is -1.18. The first-order chi connectivity index (χ1) is 8.59. The Bertz CT molecular complexity index is 348. The Morgan fingerprint density at radius 3 is 2.78 bits per heavy atom. The Labute approximate surface area is 110 Å². The molecular formula is C16H24O2. The van der Waals surface area contributed by atoms with Crippen LogP contribution in [0.3, 0.4) is 0 Å². The van der Waals surface area contributed by atoms with Crippen molar-refractivity contribution in [3.8, 4) is 0 Å². The Morgan fingerprint density at radius 2 is 2.17 bits per heavy atom. The van der Waals surface area contributed by atoms with E-state index in [1.54, 1.807) is 0 Å². The summed E-state index contributed by atoms with van der Waals surface area (Å²) in [6.07, 6.45) is 11.8. The fraction of sp³-hybridized carbons (Fsp3) is 0.625. The van der Waals surface area contributed by atoms with Crippen LogP contribution in [0.25, 0.3) is 0 Å². The zero-order valence-electron chi connectivity index (χ0n) is 11.6. The van der Waals surface area contributed by atoms with Crippen molar-refractivity contribution < 1.29 is 9.59 Å². The minimum Gasteiger partial charge on any atom is -0.300 e.